The first kappa shape index (κ1) is 20.4. The van der Waals surface area contributed by atoms with E-state index in [0.717, 1.165) is 17.0 Å². The van der Waals surface area contributed by atoms with Crippen molar-refractivity contribution in [2.24, 2.45) is 0 Å². The van der Waals surface area contributed by atoms with E-state index in [0.29, 0.717) is 5.56 Å². The topological polar surface area (TPSA) is 86.8 Å². The van der Waals surface area contributed by atoms with Crippen LogP contribution in [0, 0.1) is 11.6 Å². The summed E-state index contributed by atoms with van der Waals surface area (Å²) in [6.07, 6.45) is 0.206. The highest BCUT2D eigenvalue weighted by atomic mass is 32.2. The van der Waals surface area contributed by atoms with E-state index in [1.165, 1.54) is 40.7 Å². The number of carbonyl (C=O) groups excluding carboxylic acids is 2. The van der Waals surface area contributed by atoms with Crippen LogP contribution in [0.2, 0.25) is 0 Å². The average molecular weight is 435 g/mol. The van der Waals surface area contributed by atoms with Crippen LogP contribution in [0.1, 0.15) is 18.4 Å². The third kappa shape index (κ3) is 3.56. The van der Waals surface area contributed by atoms with Crippen LogP contribution < -0.4 is 5.32 Å². The summed E-state index contributed by atoms with van der Waals surface area (Å²) >= 11 is 0. The van der Waals surface area contributed by atoms with Crippen LogP contribution in [0.4, 0.5) is 13.6 Å². The highest BCUT2D eigenvalue weighted by Gasteiger charge is 2.53. The zero-order valence-corrected chi connectivity index (χ0v) is 16.7. The number of halogens is 2. The van der Waals surface area contributed by atoms with E-state index in [9.17, 15) is 26.8 Å². The highest BCUT2D eigenvalue weighted by molar-refractivity contribution is 7.89. The fourth-order valence-corrected chi connectivity index (χ4v) is 5.29. The smallest absolute Gasteiger partial charge is 0.323 e. The molecule has 2 saturated heterocycles. The molecule has 2 aliphatic rings. The molecule has 158 valence electrons. The third-order valence-corrected chi connectivity index (χ3v) is 7.40. The van der Waals surface area contributed by atoms with E-state index < -0.39 is 39.1 Å². The lowest BCUT2D eigenvalue weighted by Gasteiger charge is -2.36. The number of urea groups is 1. The molecular weight excluding hydrogens is 416 g/mol. The quantitative estimate of drug-likeness (QED) is 0.747. The van der Waals surface area contributed by atoms with Crippen molar-refractivity contribution >= 4 is 22.0 Å². The molecule has 2 aromatic rings. The van der Waals surface area contributed by atoms with Crippen molar-refractivity contribution in [2.45, 2.75) is 29.8 Å². The summed E-state index contributed by atoms with van der Waals surface area (Å²) in [7, 11) is -3.91. The normalized spacial score (nSPS) is 19.3. The van der Waals surface area contributed by atoms with Gasteiger partial charge in [0, 0.05) is 13.1 Å². The van der Waals surface area contributed by atoms with Crippen LogP contribution in [0.5, 0.6) is 0 Å². The Morgan fingerprint density at radius 1 is 0.967 bits per heavy atom. The van der Waals surface area contributed by atoms with Crippen LogP contribution in [-0.4, -0.2) is 48.2 Å². The van der Waals surface area contributed by atoms with E-state index >= 15 is 0 Å². The molecule has 10 heteroatoms. The lowest BCUT2D eigenvalue weighted by Crippen LogP contribution is -2.55. The van der Waals surface area contributed by atoms with Gasteiger partial charge in [-0.1, -0.05) is 18.2 Å². The van der Waals surface area contributed by atoms with Crippen molar-refractivity contribution in [1.82, 2.24) is 14.5 Å². The lowest BCUT2D eigenvalue weighted by molar-refractivity contribution is -0.133. The molecule has 3 amide bonds. The maximum atomic E-state index is 13.4. The van der Waals surface area contributed by atoms with Crippen molar-refractivity contribution in [2.75, 3.05) is 13.1 Å². The van der Waals surface area contributed by atoms with Crippen molar-refractivity contribution in [3.8, 4) is 0 Å². The van der Waals surface area contributed by atoms with Crippen molar-refractivity contribution < 1.29 is 26.8 Å². The van der Waals surface area contributed by atoms with Gasteiger partial charge in [-0.15, -0.1) is 0 Å². The summed E-state index contributed by atoms with van der Waals surface area (Å²) in [5.41, 5.74) is -0.575. The molecule has 0 radical (unpaired) electrons. The molecule has 2 heterocycles. The van der Waals surface area contributed by atoms with Crippen molar-refractivity contribution in [3.63, 3.8) is 0 Å². The fourth-order valence-electron chi connectivity index (χ4n) is 3.82. The number of piperidine rings is 1. The number of imide groups is 1. The van der Waals surface area contributed by atoms with E-state index in [4.69, 9.17) is 0 Å². The van der Waals surface area contributed by atoms with Crippen LogP contribution in [0.15, 0.2) is 53.4 Å². The Morgan fingerprint density at radius 3 is 2.27 bits per heavy atom. The third-order valence-electron chi connectivity index (χ3n) is 5.51. The summed E-state index contributed by atoms with van der Waals surface area (Å²) < 4.78 is 53.2. The van der Waals surface area contributed by atoms with Crippen LogP contribution in [-0.2, 0) is 21.4 Å². The Morgan fingerprint density at radius 2 is 1.63 bits per heavy atom. The first-order valence-corrected chi connectivity index (χ1v) is 10.8. The number of hydrogen-bond acceptors (Lipinski definition) is 4. The van der Waals surface area contributed by atoms with Gasteiger partial charge in [-0.3, -0.25) is 9.69 Å². The maximum Gasteiger partial charge on any atom is 0.325 e. The molecule has 2 aliphatic heterocycles. The van der Waals surface area contributed by atoms with Crippen molar-refractivity contribution in [1.29, 1.82) is 0 Å². The number of sulfonamides is 1. The Hall–Kier alpha value is -2.85. The van der Waals surface area contributed by atoms with E-state index in [1.54, 1.807) is 0 Å². The van der Waals surface area contributed by atoms with Gasteiger partial charge in [0.15, 0.2) is 0 Å². The molecule has 0 saturated carbocycles. The Bertz CT molecular complexity index is 1100. The Balaban J connectivity index is 1.48. The molecule has 2 fully saturated rings. The van der Waals surface area contributed by atoms with Crippen LogP contribution in [0.25, 0.3) is 0 Å². The molecule has 0 atom stereocenters. The van der Waals surface area contributed by atoms with E-state index in [2.05, 4.69) is 5.32 Å². The SMILES string of the molecule is O=C1NC2(CCN(S(=O)(=O)c3cccc(F)c3)CC2)C(=O)N1Cc1ccc(F)cc1. The summed E-state index contributed by atoms with van der Waals surface area (Å²) in [6.45, 7) is 0.0164. The molecule has 1 spiro atoms. The van der Waals surface area contributed by atoms with Gasteiger partial charge in [0.05, 0.1) is 11.4 Å². The molecule has 2 aromatic carbocycles. The molecule has 7 nitrogen and oxygen atoms in total. The van der Waals surface area contributed by atoms with Gasteiger partial charge in [0.2, 0.25) is 10.0 Å². The summed E-state index contributed by atoms with van der Waals surface area (Å²) in [5, 5.41) is 2.70. The molecule has 30 heavy (non-hydrogen) atoms. The Kier molecular flexibility index (Phi) is 5.07. The van der Waals surface area contributed by atoms with Gasteiger partial charge in [-0.2, -0.15) is 4.31 Å². The zero-order valence-electron chi connectivity index (χ0n) is 15.8. The molecule has 0 bridgehead atoms. The summed E-state index contributed by atoms with van der Waals surface area (Å²) in [5.74, 6) is -1.50. The van der Waals surface area contributed by atoms with E-state index in [1.807, 2.05) is 0 Å². The standard InChI is InChI=1S/C20H19F2N3O4S/c21-15-6-4-14(5-7-15)13-25-18(26)20(23-19(25)27)8-10-24(11-9-20)30(28,29)17-3-1-2-16(22)12-17/h1-7,12H,8-11,13H2,(H,23,27). The predicted octanol–water partition coefficient (Wildman–Crippen LogP) is 2.24. The van der Waals surface area contributed by atoms with Gasteiger partial charge in [0.25, 0.3) is 5.91 Å². The predicted molar refractivity (Wildman–Crippen MR) is 103 cm³/mol. The first-order valence-electron chi connectivity index (χ1n) is 9.36. The minimum absolute atomic E-state index is 0.00198. The van der Waals surface area contributed by atoms with E-state index in [-0.39, 0.29) is 37.4 Å². The summed E-state index contributed by atoms with van der Waals surface area (Å²) in [6, 6.07) is 9.67. The molecule has 0 aromatic heterocycles. The fraction of sp³-hybridized carbons (Fsp3) is 0.300. The molecule has 4 rings (SSSR count). The Labute approximate surface area is 172 Å². The molecule has 1 N–H and O–H groups in total. The van der Waals surface area contributed by atoms with Crippen LogP contribution >= 0.6 is 0 Å². The minimum atomic E-state index is -3.91. The average Bonchev–Trinajstić information content (AvgIpc) is 2.94. The van der Waals surface area contributed by atoms with Crippen LogP contribution in [0.3, 0.4) is 0 Å². The number of hydrogen-bond donors (Lipinski definition) is 1. The number of nitrogens with one attached hydrogen (secondary N) is 1. The minimum Gasteiger partial charge on any atom is -0.323 e. The second-order valence-electron chi connectivity index (χ2n) is 7.39. The number of carbonyl (C=O) groups is 2. The number of nitrogens with zero attached hydrogens (tertiary/aromatic N) is 2. The van der Waals surface area contributed by atoms with Gasteiger partial charge in [-0.25, -0.2) is 22.0 Å². The number of benzene rings is 2. The zero-order chi connectivity index (χ0) is 21.5. The molecule has 0 unspecified atom stereocenters. The largest absolute Gasteiger partial charge is 0.325 e. The number of amides is 3. The first-order chi connectivity index (χ1) is 14.2. The monoisotopic (exact) mass is 435 g/mol. The van der Waals surface area contributed by atoms with Gasteiger partial charge < -0.3 is 5.32 Å². The van der Waals surface area contributed by atoms with Gasteiger partial charge in [-0.05, 0) is 48.7 Å². The molecule has 0 aliphatic carbocycles. The second-order valence-corrected chi connectivity index (χ2v) is 9.33. The highest BCUT2D eigenvalue weighted by Crippen LogP contribution is 2.32. The van der Waals surface area contributed by atoms with Crippen molar-refractivity contribution in [3.05, 3.63) is 65.7 Å². The van der Waals surface area contributed by atoms with Gasteiger partial charge in [0.1, 0.15) is 17.2 Å². The maximum absolute atomic E-state index is 13.4. The summed E-state index contributed by atoms with van der Waals surface area (Å²) in [4.78, 5) is 26.3. The molecular formula is C20H19F2N3O4S. The lowest BCUT2D eigenvalue weighted by atomic mass is 9.88. The number of rotatable bonds is 4. The van der Waals surface area contributed by atoms with Gasteiger partial charge >= 0.3 is 6.03 Å². The second kappa shape index (κ2) is 7.44.